The number of carbonyl (C=O) groups is 2. The number of imide groups is 1. The largest absolute Gasteiger partial charge is 0.507 e. The van der Waals surface area contributed by atoms with E-state index in [-0.39, 0.29) is 41.2 Å². The highest BCUT2D eigenvalue weighted by molar-refractivity contribution is 9.10. The van der Waals surface area contributed by atoms with Gasteiger partial charge in [-0.1, -0.05) is 28.1 Å². The zero-order chi connectivity index (χ0) is 16.6. The van der Waals surface area contributed by atoms with Crippen LogP contribution in [0, 0.1) is 35.5 Å². The lowest BCUT2D eigenvalue weighted by Gasteiger charge is -2.37. The Morgan fingerprint density at radius 3 is 2.38 bits per heavy atom. The normalized spacial score (nSPS) is 38.8. The molecule has 1 N–H and O–H groups in total. The molecule has 6 atom stereocenters. The summed E-state index contributed by atoms with van der Waals surface area (Å²) in [5.74, 6) is 0.727. The number of phenols is 1. The van der Waals surface area contributed by atoms with Gasteiger partial charge in [0.2, 0.25) is 0 Å². The van der Waals surface area contributed by atoms with Crippen LogP contribution < -0.4 is 0 Å². The van der Waals surface area contributed by atoms with E-state index >= 15 is 0 Å². The lowest BCUT2D eigenvalue weighted by atomic mass is 9.63. The van der Waals surface area contributed by atoms with Crippen LogP contribution in [0.1, 0.15) is 12.0 Å². The molecule has 0 unspecified atom stereocenters. The number of hydrogen-bond acceptors (Lipinski definition) is 4. The highest BCUT2D eigenvalue weighted by atomic mass is 79.9. The average Bonchev–Trinajstić information content (AvgIpc) is 3.35. The number of hydrazone groups is 1. The van der Waals surface area contributed by atoms with E-state index in [9.17, 15) is 14.7 Å². The molecule has 1 heterocycles. The van der Waals surface area contributed by atoms with Crippen molar-refractivity contribution in [3.05, 3.63) is 40.4 Å². The maximum Gasteiger partial charge on any atom is 0.254 e. The maximum absolute atomic E-state index is 12.8. The molecule has 2 bridgehead atoms. The number of nitrogens with zero attached hydrogens (tertiary/aromatic N) is 2. The molecule has 24 heavy (non-hydrogen) atoms. The number of benzene rings is 1. The monoisotopic (exact) mass is 386 g/mol. The third-order valence-electron chi connectivity index (χ3n) is 5.94. The van der Waals surface area contributed by atoms with E-state index in [1.165, 1.54) is 12.3 Å². The molecule has 2 amide bonds. The highest BCUT2D eigenvalue weighted by Gasteiger charge is 2.67. The number of amides is 2. The van der Waals surface area contributed by atoms with Gasteiger partial charge in [0.1, 0.15) is 5.75 Å². The van der Waals surface area contributed by atoms with Gasteiger partial charge in [-0.3, -0.25) is 9.59 Å². The Balaban J connectivity index is 1.46. The third-order valence-corrected chi connectivity index (χ3v) is 6.43. The average molecular weight is 387 g/mol. The second-order valence-electron chi connectivity index (χ2n) is 7.09. The first kappa shape index (κ1) is 14.4. The lowest BCUT2D eigenvalue weighted by Crippen LogP contribution is -2.40. The van der Waals surface area contributed by atoms with E-state index in [2.05, 4.69) is 33.2 Å². The van der Waals surface area contributed by atoms with Crippen molar-refractivity contribution in [2.75, 3.05) is 0 Å². The van der Waals surface area contributed by atoms with Gasteiger partial charge in [-0.25, -0.2) is 0 Å². The van der Waals surface area contributed by atoms with Crippen molar-refractivity contribution in [2.45, 2.75) is 6.42 Å². The summed E-state index contributed by atoms with van der Waals surface area (Å²) >= 11 is 3.33. The van der Waals surface area contributed by atoms with Crippen LogP contribution in [0.3, 0.4) is 0 Å². The minimum atomic E-state index is -0.246. The van der Waals surface area contributed by atoms with E-state index in [4.69, 9.17) is 0 Å². The Morgan fingerprint density at radius 2 is 1.75 bits per heavy atom. The number of allylic oxidation sites excluding steroid dienone is 2. The summed E-state index contributed by atoms with van der Waals surface area (Å²) in [6, 6.07) is 4.94. The summed E-state index contributed by atoms with van der Waals surface area (Å²) in [6.07, 6.45) is 6.80. The third kappa shape index (κ3) is 1.83. The van der Waals surface area contributed by atoms with Crippen molar-refractivity contribution in [3.8, 4) is 5.75 Å². The number of halogens is 1. The van der Waals surface area contributed by atoms with Crippen molar-refractivity contribution < 1.29 is 14.7 Å². The summed E-state index contributed by atoms with van der Waals surface area (Å²) in [6.45, 7) is 0. The Kier molecular flexibility index (Phi) is 2.87. The smallest absolute Gasteiger partial charge is 0.254 e. The quantitative estimate of drug-likeness (QED) is 0.482. The van der Waals surface area contributed by atoms with Gasteiger partial charge < -0.3 is 5.11 Å². The second kappa shape index (κ2) is 4.79. The number of hydrogen-bond donors (Lipinski definition) is 1. The molecular weight excluding hydrogens is 372 g/mol. The Bertz CT molecular complexity index is 798. The van der Waals surface area contributed by atoms with E-state index < -0.39 is 0 Å². The molecule has 122 valence electrons. The van der Waals surface area contributed by atoms with Crippen molar-refractivity contribution in [2.24, 2.45) is 40.6 Å². The molecular formula is C18H15BrN2O3. The van der Waals surface area contributed by atoms with Crippen molar-refractivity contribution in [1.82, 2.24) is 5.01 Å². The van der Waals surface area contributed by atoms with E-state index in [0.29, 0.717) is 17.4 Å². The predicted molar refractivity (Wildman–Crippen MR) is 90.0 cm³/mol. The first-order valence-electron chi connectivity index (χ1n) is 8.15. The van der Waals surface area contributed by atoms with Gasteiger partial charge in [0.15, 0.2) is 0 Å². The zero-order valence-electron chi connectivity index (χ0n) is 12.7. The Labute approximate surface area is 147 Å². The Morgan fingerprint density at radius 1 is 1.12 bits per heavy atom. The number of aromatic hydroxyl groups is 1. The molecule has 0 aromatic heterocycles. The fraction of sp³-hybridized carbons (Fsp3) is 0.389. The van der Waals surface area contributed by atoms with Gasteiger partial charge in [0, 0.05) is 10.0 Å². The Hall–Kier alpha value is -1.95. The molecule has 6 heteroatoms. The van der Waals surface area contributed by atoms with Gasteiger partial charge in [-0.05, 0) is 48.3 Å². The molecule has 1 saturated heterocycles. The van der Waals surface area contributed by atoms with Crippen LogP contribution in [-0.2, 0) is 9.59 Å². The number of rotatable bonds is 2. The molecule has 4 aliphatic carbocycles. The fourth-order valence-corrected chi connectivity index (χ4v) is 5.18. The van der Waals surface area contributed by atoms with Crippen LogP contribution in [0.5, 0.6) is 5.75 Å². The first-order chi connectivity index (χ1) is 11.6. The minimum Gasteiger partial charge on any atom is -0.507 e. The standard InChI is InChI=1S/C18H15BrN2O3/c19-9-1-4-14(22)8(5-9)7-20-21-17(23)15-10-2-3-11(13-6-12(10)13)16(15)18(21)24/h1-5,7,10-13,15-16,22H,6H2/t10-,11-,12-,13+,15+,16+/m0/s1. The molecule has 1 aliphatic heterocycles. The predicted octanol–water partition coefficient (Wildman–Crippen LogP) is 2.54. The number of phenolic OH excluding ortho intramolecular Hbond substituents is 1. The number of carbonyl (C=O) groups excluding carboxylic acids is 2. The van der Waals surface area contributed by atoms with Crippen molar-refractivity contribution in [1.29, 1.82) is 0 Å². The maximum atomic E-state index is 12.8. The van der Waals surface area contributed by atoms with Crippen molar-refractivity contribution in [3.63, 3.8) is 0 Å². The fourth-order valence-electron chi connectivity index (χ4n) is 4.80. The summed E-state index contributed by atoms with van der Waals surface area (Å²) in [4.78, 5) is 25.5. The van der Waals surface area contributed by atoms with Crippen LogP contribution in [-0.4, -0.2) is 28.1 Å². The molecule has 5 aliphatic rings. The molecule has 2 saturated carbocycles. The summed E-state index contributed by atoms with van der Waals surface area (Å²) in [5.41, 5.74) is 0.462. The van der Waals surface area contributed by atoms with Crippen LogP contribution in [0.15, 0.2) is 39.9 Å². The van der Waals surface area contributed by atoms with E-state index in [0.717, 1.165) is 15.9 Å². The summed E-state index contributed by atoms with van der Waals surface area (Å²) < 4.78 is 0.789. The van der Waals surface area contributed by atoms with Gasteiger partial charge in [-0.2, -0.15) is 10.1 Å². The molecule has 3 fully saturated rings. The van der Waals surface area contributed by atoms with Gasteiger partial charge in [-0.15, -0.1) is 0 Å². The van der Waals surface area contributed by atoms with E-state index in [1.807, 2.05) is 0 Å². The van der Waals surface area contributed by atoms with Crippen molar-refractivity contribution >= 4 is 34.0 Å². The lowest BCUT2D eigenvalue weighted by molar-refractivity contribution is -0.140. The molecule has 1 aromatic carbocycles. The van der Waals surface area contributed by atoms with Crippen LogP contribution >= 0.6 is 15.9 Å². The molecule has 5 nitrogen and oxygen atoms in total. The highest BCUT2D eigenvalue weighted by Crippen LogP contribution is 2.65. The summed E-state index contributed by atoms with van der Waals surface area (Å²) in [7, 11) is 0. The molecule has 1 aromatic rings. The van der Waals surface area contributed by atoms with Gasteiger partial charge >= 0.3 is 0 Å². The molecule has 6 rings (SSSR count). The van der Waals surface area contributed by atoms with Crippen LogP contribution in [0.2, 0.25) is 0 Å². The molecule has 0 spiro atoms. The topological polar surface area (TPSA) is 70.0 Å². The summed E-state index contributed by atoms with van der Waals surface area (Å²) in [5, 5.41) is 15.0. The van der Waals surface area contributed by atoms with Gasteiger partial charge in [0.25, 0.3) is 11.8 Å². The second-order valence-corrected chi connectivity index (χ2v) is 8.01. The van der Waals surface area contributed by atoms with Crippen LogP contribution in [0.4, 0.5) is 0 Å². The zero-order valence-corrected chi connectivity index (χ0v) is 14.3. The first-order valence-corrected chi connectivity index (χ1v) is 8.94. The minimum absolute atomic E-state index is 0.0569. The van der Waals surface area contributed by atoms with Crippen LogP contribution in [0.25, 0.3) is 0 Å². The molecule has 0 radical (unpaired) electrons. The van der Waals surface area contributed by atoms with E-state index in [1.54, 1.807) is 12.1 Å². The van der Waals surface area contributed by atoms with Gasteiger partial charge in [0.05, 0.1) is 18.1 Å². The SMILES string of the molecule is O=C1[C@@H]2[C@H]3C=C[C@@H]([C@@H]4C[C@H]34)[C@H]2C(=O)N1N=Cc1cc(Br)ccc1O.